The molecule has 1 saturated heterocycles. The van der Waals surface area contributed by atoms with E-state index in [9.17, 15) is 14.4 Å². The van der Waals surface area contributed by atoms with Crippen molar-refractivity contribution in [1.29, 1.82) is 0 Å². The summed E-state index contributed by atoms with van der Waals surface area (Å²) in [5.41, 5.74) is 1.42. The second kappa shape index (κ2) is 12.0. The van der Waals surface area contributed by atoms with Crippen LogP contribution >= 0.6 is 23.2 Å². The molecule has 2 atom stereocenters. The van der Waals surface area contributed by atoms with E-state index in [2.05, 4.69) is 15.5 Å². The number of nitrogens with zero attached hydrogens (tertiary/aromatic N) is 3. The van der Waals surface area contributed by atoms with E-state index in [1.54, 1.807) is 34.9 Å². The number of urea groups is 2. The zero-order chi connectivity index (χ0) is 25.7. The molecule has 1 aromatic rings. The lowest BCUT2D eigenvalue weighted by molar-refractivity contribution is -0.139. The Balaban J connectivity index is 2.00. The number of rotatable bonds is 7. The van der Waals surface area contributed by atoms with Crippen molar-refractivity contribution >= 4 is 41.2 Å². The molecule has 35 heavy (non-hydrogen) atoms. The molecule has 0 bridgehead atoms. The van der Waals surface area contributed by atoms with Gasteiger partial charge in [0.1, 0.15) is 0 Å². The Morgan fingerprint density at radius 2 is 1.94 bits per heavy atom. The summed E-state index contributed by atoms with van der Waals surface area (Å²) in [4.78, 5) is 44.3. The van der Waals surface area contributed by atoms with Gasteiger partial charge in [-0.25, -0.2) is 14.4 Å². The molecule has 0 radical (unpaired) electrons. The Morgan fingerprint density at radius 3 is 2.57 bits per heavy atom. The summed E-state index contributed by atoms with van der Waals surface area (Å²) in [7, 11) is 0. The van der Waals surface area contributed by atoms with Crippen molar-refractivity contribution in [2.45, 2.75) is 39.8 Å². The number of nitrogens with one attached hydrogen (secondary N) is 2. The Hall–Kier alpha value is -2.49. The van der Waals surface area contributed by atoms with Gasteiger partial charge >= 0.3 is 18.0 Å². The van der Waals surface area contributed by atoms with Crippen molar-refractivity contribution < 1.29 is 19.1 Å². The van der Waals surface area contributed by atoms with Crippen LogP contribution in [0.1, 0.15) is 39.3 Å². The third-order valence-corrected chi connectivity index (χ3v) is 7.05. The number of hydrogen-bond acceptors (Lipinski definition) is 5. The monoisotopic (exact) mass is 525 g/mol. The smallest absolute Gasteiger partial charge is 0.338 e. The highest BCUT2D eigenvalue weighted by atomic mass is 35.5. The molecule has 0 aromatic heterocycles. The second-order valence-corrected chi connectivity index (χ2v) is 9.25. The van der Waals surface area contributed by atoms with Crippen molar-refractivity contribution in [3.63, 3.8) is 0 Å². The fourth-order valence-electron chi connectivity index (χ4n) is 4.58. The van der Waals surface area contributed by atoms with Gasteiger partial charge in [-0.2, -0.15) is 0 Å². The average Bonchev–Trinajstić information content (AvgIpc) is 2.81. The maximum absolute atomic E-state index is 13.3. The molecule has 0 spiro atoms. The minimum absolute atomic E-state index is 0.0346. The number of piperazine rings is 1. The molecule has 1 aromatic carbocycles. The van der Waals surface area contributed by atoms with Gasteiger partial charge in [-0.3, -0.25) is 9.80 Å². The summed E-state index contributed by atoms with van der Waals surface area (Å²) in [5.74, 6) is -0.518. The van der Waals surface area contributed by atoms with Crippen LogP contribution in [0.4, 0.5) is 9.59 Å². The van der Waals surface area contributed by atoms with E-state index in [4.69, 9.17) is 27.9 Å². The van der Waals surface area contributed by atoms with Gasteiger partial charge in [-0.1, -0.05) is 35.3 Å². The van der Waals surface area contributed by atoms with Crippen LogP contribution in [0.2, 0.25) is 10.0 Å². The third-order valence-electron chi connectivity index (χ3n) is 6.22. The maximum atomic E-state index is 13.3. The van der Waals surface area contributed by atoms with Gasteiger partial charge in [-0.05, 0) is 39.3 Å². The molecule has 0 aliphatic carbocycles. The molecule has 2 N–H and O–H groups in total. The third kappa shape index (κ3) is 5.85. The Morgan fingerprint density at radius 1 is 1.20 bits per heavy atom. The van der Waals surface area contributed by atoms with Crippen molar-refractivity contribution in [3.8, 4) is 0 Å². The molecule has 4 amide bonds. The van der Waals surface area contributed by atoms with Crippen LogP contribution in [0, 0.1) is 0 Å². The molecule has 0 unspecified atom stereocenters. The van der Waals surface area contributed by atoms with Crippen LogP contribution in [0.3, 0.4) is 0 Å². The first-order chi connectivity index (χ1) is 16.7. The minimum Gasteiger partial charge on any atom is -0.463 e. The highest BCUT2D eigenvalue weighted by molar-refractivity contribution is 6.42. The lowest BCUT2D eigenvalue weighted by atomic mass is 9.94. The number of benzene rings is 1. The summed E-state index contributed by atoms with van der Waals surface area (Å²) in [6.07, 6.45) is 0. The number of hydrogen-bond donors (Lipinski definition) is 2. The first-order valence-electron chi connectivity index (χ1n) is 11.9. The maximum Gasteiger partial charge on any atom is 0.338 e. The highest BCUT2D eigenvalue weighted by Crippen LogP contribution is 2.38. The lowest BCUT2D eigenvalue weighted by Gasteiger charge is -2.42. The normalized spacial score (nSPS) is 21.1. The van der Waals surface area contributed by atoms with Crippen LogP contribution in [0.15, 0.2) is 29.5 Å². The van der Waals surface area contributed by atoms with Crippen molar-refractivity contribution in [2.75, 3.05) is 45.9 Å². The highest BCUT2D eigenvalue weighted by Gasteiger charge is 2.40. The summed E-state index contributed by atoms with van der Waals surface area (Å²) in [6.45, 7) is 10.7. The Bertz CT molecular complexity index is 1000. The van der Waals surface area contributed by atoms with Gasteiger partial charge in [0, 0.05) is 51.0 Å². The number of halogens is 2. The van der Waals surface area contributed by atoms with E-state index in [1.807, 2.05) is 20.8 Å². The van der Waals surface area contributed by atoms with Crippen LogP contribution in [-0.2, 0) is 9.53 Å². The van der Waals surface area contributed by atoms with E-state index < -0.39 is 12.0 Å². The van der Waals surface area contributed by atoms with Gasteiger partial charge in [0.25, 0.3) is 0 Å². The first-order valence-corrected chi connectivity index (χ1v) is 12.7. The molecular formula is C24H33Cl2N5O4. The van der Waals surface area contributed by atoms with Crippen LogP contribution < -0.4 is 10.6 Å². The number of carbonyl (C=O) groups excluding carboxylic acids is 3. The minimum atomic E-state index is -0.806. The fourth-order valence-corrected chi connectivity index (χ4v) is 4.99. The first kappa shape index (κ1) is 27.1. The predicted octanol–water partition coefficient (Wildman–Crippen LogP) is 3.63. The van der Waals surface area contributed by atoms with Crippen molar-refractivity contribution in [3.05, 3.63) is 45.1 Å². The van der Waals surface area contributed by atoms with Crippen LogP contribution in [0.5, 0.6) is 0 Å². The second-order valence-electron chi connectivity index (χ2n) is 8.46. The standard InChI is InChI=1S/C24H33Cl2N5O4/c1-5-27-23(33)31-12-11-29(13-15(31)4)14-18-19(22(32)35-7-3)21(28-24(34)30(18)6-2)16-9-8-10-17(25)20(16)26/h8-10,15,21H,5-7,11-14H2,1-4H3,(H,27,33)(H,28,34)/t15-,21+/m0/s1. The number of ether oxygens (including phenoxy) is 1. The van der Waals surface area contributed by atoms with Gasteiger partial charge < -0.3 is 20.3 Å². The van der Waals surface area contributed by atoms with Gasteiger partial charge in [0.15, 0.2) is 0 Å². The van der Waals surface area contributed by atoms with E-state index >= 15 is 0 Å². The number of carbonyl (C=O) groups is 3. The fraction of sp³-hybridized carbons (Fsp3) is 0.542. The lowest BCUT2D eigenvalue weighted by Crippen LogP contribution is -2.58. The van der Waals surface area contributed by atoms with Gasteiger partial charge in [0.2, 0.25) is 0 Å². The van der Waals surface area contributed by atoms with Gasteiger partial charge in [-0.15, -0.1) is 0 Å². The zero-order valence-corrected chi connectivity index (χ0v) is 22.1. The quantitative estimate of drug-likeness (QED) is 0.530. The number of esters is 1. The summed E-state index contributed by atoms with van der Waals surface area (Å²) >= 11 is 12.7. The van der Waals surface area contributed by atoms with E-state index in [0.717, 1.165) is 0 Å². The summed E-state index contributed by atoms with van der Waals surface area (Å²) < 4.78 is 5.42. The Labute approximate surface area is 216 Å². The largest absolute Gasteiger partial charge is 0.463 e. The molecule has 11 heteroatoms. The number of amides is 4. The van der Waals surface area contributed by atoms with Gasteiger partial charge in [0.05, 0.1) is 28.3 Å². The molecular weight excluding hydrogens is 493 g/mol. The number of likely N-dealkylation sites (N-methyl/N-ethyl adjacent to an activating group) is 1. The topological polar surface area (TPSA) is 94.2 Å². The molecule has 1 fully saturated rings. The predicted molar refractivity (Wildman–Crippen MR) is 135 cm³/mol. The molecule has 2 heterocycles. The SMILES string of the molecule is CCNC(=O)N1CCN(CC2=C(C(=O)OCC)[C@@H](c3cccc(Cl)c3Cl)NC(=O)N2CC)C[C@@H]1C. The molecule has 0 saturated carbocycles. The van der Waals surface area contributed by atoms with Crippen molar-refractivity contribution in [1.82, 2.24) is 25.3 Å². The molecule has 192 valence electrons. The van der Waals surface area contributed by atoms with Crippen molar-refractivity contribution in [2.24, 2.45) is 0 Å². The van der Waals surface area contributed by atoms with E-state index in [0.29, 0.717) is 61.1 Å². The van der Waals surface area contributed by atoms with E-state index in [1.165, 1.54) is 0 Å². The summed E-state index contributed by atoms with van der Waals surface area (Å²) in [5, 5.41) is 6.36. The molecule has 3 rings (SSSR count). The Kier molecular flexibility index (Phi) is 9.27. The molecule has 2 aliphatic rings. The molecule has 2 aliphatic heterocycles. The average molecular weight is 526 g/mol. The summed E-state index contributed by atoms with van der Waals surface area (Å²) in [6, 6.07) is 3.87. The van der Waals surface area contributed by atoms with Crippen LogP contribution in [0.25, 0.3) is 0 Å². The zero-order valence-electron chi connectivity index (χ0n) is 20.6. The molecule has 9 nitrogen and oxygen atoms in total. The van der Waals surface area contributed by atoms with Crippen LogP contribution in [-0.4, -0.2) is 84.6 Å². The van der Waals surface area contributed by atoms with E-state index in [-0.39, 0.29) is 29.7 Å².